The van der Waals surface area contributed by atoms with Gasteiger partial charge in [0.25, 0.3) is 0 Å². The molecule has 10 nitrogen and oxygen atoms in total. The molecule has 37 heavy (non-hydrogen) atoms. The minimum Gasteiger partial charge on any atom is -0.465 e. The van der Waals surface area contributed by atoms with E-state index in [0.717, 1.165) is 54.2 Å². The number of nitrogens with one attached hydrogen (secondary N) is 1. The highest BCUT2D eigenvalue weighted by Gasteiger charge is 2.17. The van der Waals surface area contributed by atoms with Gasteiger partial charge in [-0.15, -0.1) is 0 Å². The number of imidazole rings is 1. The molecule has 1 fully saturated rings. The molecular weight excluding hydrogens is 470 g/mol. The van der Waals surface area contributed by atoms with E-state index in [1.54, 1.807) is 12.1 Å². The van der Waals surface area contributed by atoms with E-state index >= 15 is 0 Å². The number of nitrogens with zero attached hydrogens (tertiary/aromatic N) is 6. The highest BCUT2D eigenvalue weighted by Crippen LogP contribution is 2.28. The predicted molar refractivity (Wildman–Crippen MR) is 143 cm³/mol. The van der Waals surface area contributed by atoms with Crippen molar-refractivity contribution in [2.45, 2.75) is 6.54 Å². The second kappa shape index (κ2) is 10.9. The number of benzene rings is 2. The lowest BCUT2D eigenvalue weighted by molar-refractivity contribution is 0.0600. The first kappa shape index (κ1) is 24.7. The lowest BCUT2D eigenvalue weighted by atomic mass is 10.1. The van der Waals surface area contributed by atoms with Crippen LogP contribution in [0.15, 0.2) is 54.9 Å². The van der Waals surface area contributed by atoms with E-state index in [1.165, 1.54) is 7.11 Å². The summed E-state index contributed by atoms with van der Waals surface area (Å²) >= 11 is 0. The summed E-state index contributed by atoms with van der Waals surface area (Å²) in [5.74, 6) is 0.944. The molecule has 5 rings (SSSR count). The summed E-state index contributed by atoms with van der Waals surface area (Å²) in [5.41, 5.74) is 5.12. The molecule has 0 unspecified atom stereocenters. The van der Waals surface area contributed by atoms with Crippen molar-refractivity contribution in [3.63, 3.8) is 0 Å². The number of hydrogen-bond donors (Lipinski definition) is 1. The molecule has 1 aliphatic rings. The fourth-order valence-corrected chi connectivity index (χ4v) is 4.21. The van der Waals surface area contributed by atoms with Crippen LogP contribution >= 0.6 is 0 Å². The zero-order chi connectivity index (χ0) is 25.8. The van der Waals surface area contributed by atoms with Gasteiger partial charge in [-0.1, -0.05) is 6.07 Å². The number of carbonyl (C=O) groups is 1. The Balaban J connectivity index is 1.50. The first-order valence-electron chi connectivity index (χ1n) is 12.3. The molecule has 0 spiro atoms. The summed E-state index contributed by atoms with van der Waals surface area (Å²) in [4.78, 5) is 30.4. The third-order valence-electron chi connectivity index (χ3n) is 6.29. The number of methoxy groups -OCH3 is 1. The van der Waals surface area contributed by atoms with E-state index in [0.29, 0.717) is 30.5 Å². The van der Waals surface area contributed by atoms with Gasteiger partial charge >= 0.3 is 5.97 Å². The largest absolute Gasteiger partial charge is 0.465 e. The van der Waals surface area contributed by atoms with Crippen LogP contribution in [0.25, 0.3) is 22.3 Å². The van der Waals surface area contributed by atoms with Crippen LogP contribution in [0.5, 0.6) is 0 Å². The van der Waals surface area contributed by atoms with Crippen molar-refractivity contribution in [3.8, 4) is 11.3 Å². The van der Waals surface area contributed by atoms with Crippen molar-refractivity contribution >= 4 is 34.5 Å². The monoisotopic (exact) mass is 501 g/mol. The van der Waals surface area contributed by atoms with Crippen molar-refractivity contribution in [1.29, 1.82) is 0 Å². The predicted octanol–water partition coefficient (Wildman–Crippen LogP) is 3.42. The third-order valence-corrected chi connectivity index (χ3v) is 6.29. The Bertz CT molecular complexity index is 1380. The smallest absolute Gasteiger partial charge is 0.337 e. The lowest BCUT2D eigenvalue weighted by Crippen LogP contribution is -2.37. The third kappa shape index (κ3) is 5.71. The zero-order valence-electron chi connectivity index (χ0n) is 21.3. The molecule has 1 N–H and O–H groups in total. The van der Waals surface area contributed by atoms with E-state index < -0.39 is 0 Å². The number of aromatic nitrogens is 4. The maximum atomic E-state index is 11.8. The molecule has 0 saturated carbocycles. The van der Waals surface area contributed by atoms with E-state index in [-0.39, 0.29) is 5.97 Å². The minimum absolute atomic E-state index is 0.370. The van der Waals surface area contributed by atoms with Crippen LogP contribution in [0.1, 0.15) is 10.4 Å². The van der Waals surface area contributed by atoms with Crippen molar-refractivity contribution in [2.75, 3.05) is 64.3 Å². The first-order chi connectivity index (χ1) is 18.0. The van der Waals surface area contributed by atoms with Gasteiger partial charge in [0.15, 0.2) is 0 Å². The van der Waals surface area contributed by atoms with Crippen LogP contribution in [0, 0.1) is 0 Å². The van der Waals surface area contributed by atoms with E-state index in [4.69, 9.17) is 19.4 Å². The average Bonchev–Trinajstić information content (AvgIpc) is 3.34. The Kier molecular flexibility index (Phi) is 7.29. The molecule has 10 heteroatoms. The number of rotatable bonds is 8. The number of morpholine rings is 1. The average molecular weight is 502 g/mol. The summed E-state index contributed by atoms with van der Waals surface area (Å²) in [5, 5.41) is 3.37. The Morgan fingerprint density at radius 1 is 1.08 bits per heavy atom. The van der Waals surface area contributed by atoms with Gasteiger partial charge in [0.1, 0.15) is 5.82 Å². The van der Waals surface area contributed by atoms with E-state index in [9.17, 15) is 4.79 Å². The topological polar surface area (TPSA) is 97.6 Å². The lowest BCUT2D eigenvalue weighted by Gasteiger charge is -2.27. The molecule has 3 heterocycles. The quantitative estimate of drug-likeness (QED) is 0.364. The van der Waals surface area contributed by atoms with Crippen LogP contribution in [0.4, 0.5) is 17.5 Å². The summed E-state index contributed by atoms with van der Waals surface area (Å²) in [6.45, 7) is 4.52. The standard InChI is InChI=1S/C27H31N7O3/c1-32(2)10-11-34-18-28-22-9-6-20(16-24(22)34)23-17-25(31-27(30-23)33-12-14-37-15-13-33)29-21-7-4-19(5-8-21)26(35)36-3/h4-9,16-18H,10-15H2,1-3H3,(H,29,30,31). The Hall–Kier alpha value is -4.02. The summed E-state index contributed by atoms with van der Waals surface area (Å²) in [6.07, 6.45) is 1.89. The van der Waals surface area contributed by atoms with Crippen molar-refractivity contribution < 1.29 is 14.3 Å². The molecule has 1 aliphatic heterocycles. The Morgan fingerprint density at radius 3 is 2.59 bits per heavy atom. The summed E-state index contributed by atoms with van der Waals surface area (Å²) in [7, 11) is 5.50. The van der Waals surface area contributed by atoms with Gasteiger partial charge in [-0.05, 0) is 50.5 Å². The van der Waals surface area contributed by atoms with Gasteiger partial charge in [0.2, 0.25) is 5.95 Å². The van der Waals surface area contributed by atoms with Crippen LogP contribution in [0.2, 0.25) is 0 Å². The normalized spacial score (nSPS) is 13.8. The number of esters is 1. The number of carbonyl (C=O) groups excluding carboxylic acids is 1. The SMILES string of the molecule is COC(=O)c1ccc(Nc2cc(-c3ccc4ncn(CCN(C)C)c4c3)nc(N3CCOCC3)n2)cc1. The second-order valence-electron chi connectivity index (χ2n) is 9.18. The van der Waals surface area contributed by atoms with Gasteiger partial charge in [-0.2, -0.15) is 4.98 Å². The van der Waals surface area contributed by atoms with Gasteiger partial charge in [0, 0.05) is 43.5 Å². The van der Waals surface area contributed by atoms with Crippen LogP contribution in [-0.2, 0) is 16.0 Å². The molecule has 0 bridgehead atoms. The van der Waals surface area contributed by atoms with Crippen LogP contribution < -0.4 is 10.2 Å². The molecule has 1 saturated heterocycles. The van der Waals surface area contributed by atoms with Gasteiger partial charge in [0.05, 0.1) is 48.9 Å². The number of fused-ring (bicyclic) bond motifs is 1. The molecule has 0 radical (unpaired) electrons. The first-order valence-corrected chi connectivity index (χ1v) is 12.3. The molecule has 0 amide bonds. The molecular formula is C27H31N7O3. The number of hydrogen-bond acceptors (Lipinski definition) is 9. The fourth-order valence-electron chi connectivity index (χ4n) is 4.21. The fraction of sp³-hybridized carbons (Fsp3) is 0.333. The summed E-state index contributed by atoms with van der Waals surface area (Å²) < 4.78 is 12.5. The van der Waals surface area contributed by atoms with Crippen molar-refractivity contribution in [1.82, 2.24) is 24.4 Å². The van der Waals surface area contributed by atoms with Gasteiger partial charge in [-0.25, -0.2) is 14.8 Å². The molecule has 0 atom stereocenters. The highest BCUT2D eigenvalue weighted by molar-refractivity contribution is 5.89. The van der Waals surface area contributed by atoms with Crippen molar-refractivity contribution in [2.24, 2.45) is 0 Å². The van der Waals surface area contributed by atoms with Crippen LogP contribution in [-0.4, -0.2) is 84.4 Å². The van der Waals surface area contributed by atoms with Gasteiger partial charge < -0.3 is 29.2 Å². The van der Waals surface area contributed by atoms with Gasteiger partial charge in [-0.3, -0.25) is 0 Å². The highest BCUT2D eigenvalue weighted by atomic mass is 16.5. The maximum Gasteiger partial charge on any atom is 0.337 e. The minimum atomic E-state index is -0.370. The second-order valence-corrected chi connectivity index (χ2v) is 9.18. The number of likely N-dealkylation sites (N-methyl/N-ethyl adjacent to an activating group) is 1. The molecule has 4 aromatic rings. The molecule has 0 aliphatic carbocycles. The molecule has 192 valence electrons. The summed E-state index contributed by atoms with van der Waals surface area (Å²) in [6, 6.07) is 15.3. The van der Waals surface area contributed by atoms with E-state index in [1.807, 2.05) is 36.7 Å². The van der Waals surface area contributed by atoms with Crippen molar-refractivity contribution in [3.05, 3.63) is 60.4 Å². The molecule has 2 aromatic heterocycles. The molecule has 2 aromatic carbocycles. The Labute approximate surface area is 215 Å². The number of anilines is 3. The number of ether oxygens (including phenoxy) is 2. The van der Waals surface area contributed by atoms with Crippen LogP contribution in [0.3, 0.4) is 0 Å². The van der Waals surface area contributed by atoms with E-state index in [2.05, 4.69) is 44.8 Å². The Morgan fingerprint density at radius 2 is 1.86 bits per heavy atom. The zero-order valence-corrected chi connectivity index (χ0v) is 21.3. The maximum absolute atomic E-state index is 11.8.